The van der Waals surface area contributed by atoms with Gasteiger partial charge >= 0.3 is 0 Å². The van der Waals surface area contributed by atoms with E-state index in [-0.39, 0.29) is 22.0 Å². The molecule has 8 nitrogen and oxygen atoms in total. The fourth-order valence-corrected chi connectivity index (χ4v) is 5.37. The number of fused-ring (bicyclic) bond motifs is 1. The van der Waals surface area contributed by atoms with Crippen molar-refractivity contribution in [3.63, 3.8) is 0 Å². The molecular formula is C22H29N5O3S2. The van der Waals surface area contributed by atoms with E-state index < -0.39 is 10.0 Å². The van der Waals surface area contributed by atoms with Gasteiger partial charge in [0.1, 0.15) is 0 Å². The first-order valence-electron chi connectivity index (χ1n) is 10.4. The van der Waals surface area contributed by atoms with Crippen molar-refractivity contribution in [1.29, 1.82) is 0 Å². The zero-order chi connectivity index (χ0) is 23.5. The summed E-state index contributed by atoms with van der Waals surface area (Å²) in [7, 11) is -3.61. The number of amides is 1. The molecule has 1 N–H and O–H groups in total. The minimum atomic E-state index is -3.61. The third-order valence-corrected chi connectivity index (χ3v) is 8.03. The summed E-state index contributed by atoms with van der Waals surface area (Å²) in [6, 6.07) is 10.9. The van der Waals surface area contributed by atoms with E-state index in [0.717, 1.165) is 5.69 Å². The highest BCUT2D eigenvalue weighted by atomic mass is 32.2. The van der Waals surface area contributed by atoms with Gasteiger partial charge in [0.15, 0.2) is 10.8 Å². The Kier molecular flexibility index (Phi) is 7.26. The number of nitrogens with zero attached hydrogens (tertiary/aromatic N) is 4. The summed E-state index contributed by atoms with van der Waals surface area (Å²) >= 11 is 1.20. The molecule has 2 heterocycles. The van der Waals surface area contributed by atoms with E-state index in [9.17, 15) is 13.2 Å². The first-order valence-corrected chi connectivity index (χ1v) is 12.9. The maximum Gasteiger partial charge on any atom is 0.244 e. The molecule has 0 aliphatic rings. The van der Waals surface area contributed by atoms with Crippen LogP contribution in [0.3, 0.4) is 0 Å². The van der Waals surface area contributed by atoms with Gasteiger partial charge in [-0.2, -0.15) is 4.31 Å². The topological polar surface area (TPSA) is 96.7 Å². The molecule has 2 aromatic heterocycles. The molecule has 0 bridgehead atoms. The zero-order valence-electron chi connectivity index (χ0n) is 19.0. The lowest BCUT2D eigenvalue weighted by Crippen LogP contribution is -2.30. The normalized spacial score (nSPS) is 12.4. The van der Waals surface area contributed by atoms with E-state index >= 15 is 0 Å². The third kappa shape index (κ3) is 5.31. The largest absolute Gasteiger partial charge is 0.325 e. The number of sulfonamides is 1. The van der Waals surface area contributed by atoms with Gasteiger partial charge in [-0.25, -0.2) is 8.42 Å². The van der Waals surface area contributed by atoms with Gasteiger partial charge in [0.2, 0.25) is 15.9 Å². The third-order valence-electron chi connectivity index (χ3n) is 5.05. The zero-order valence-corrected chi connectivity index (χ0v) is 20.6. The highest BCUT2D eigenvalue weighted by molar-refractivity contribution is 7.99. The van der Waals surface area contributed by atoms with Crippen LogP contribution in [0.4, 0.5) is 5.69 Å². The molecule has 172 valence electrons. The fraction of sp³-hybridized carbons (Fsp3) is 0.409. The van der Waals surface area contributed by atoms with Gasteiger partial charge in [-0.1, -0.05) is 58.5 Å². The van der Waals surface area contributed by atoms with Crippen molar-refractivity contribution in [2.24, 2.45) is 0 Å². The number of pyridine rings is 1. The number of nitrogens with one attached hydrogen (secondary N) is 1. The van der Waals surface area contributed by atoms with E-state index in [0.29, 0.717) is 23.9 Å². The number of hydrogen-bond donors (Lipinski definition) is 1. The van der Waals surface area contributed by atoms with Crippen LogP contribution in [0.25, 0.3) is 5.65 Å². The molecule has 1 aromatic carbocycles. The van der Waals surface area contributed by atoms with Crippen LogP contribution >= 0.6 is 11.8 Å². The number of hydrogen-bond acceptors (Lipinski definition) is 6. The van der Waals surface area contributed by atoms with Gasteiger partial charge in [-0.3, -0.25) is 9.20 Å². The quantitative estimate of drug-likeness (QED) is 0.498. The van der Waals surface area contributed by atoms with E-state index in [2.05, 4.69) is 36.3 Å². The number of anilines is 1. The molecule has 0 fully saturated rings. The fourth-order valence-electron chi connectivity index (χ4n) is 3.19. The van der Waals surface area contributed by atoms with Gasteiger partial charge in [-0.05, 0) is 35.2 Å². The molecule has 0 unspecified atom stereocenters. The monoisotopic (exact) mass is 475 g/mol. The van der Waals surface area contributed by atoms with E-state index in [1.54, 1.807) is 24.3 Å². The molecule has 0 aliphatic heterocycles. The van der Waals surface area contributed by atoms with Crippen molar-refractivity contribution in [1.82, 2.24) is 18.9 Å². The minimum Gasteiger partial charge on any atom is -0.325 e. The average Bonchev–Trinajstić information content (AvgIpc) is 3.15. The number of carbonyl (C=O) groups excluding carboxylic acids is 1. The lowest BCUT2D eigenvalue weighted by molar-refractivity contribution is -0.113. The van der Waals surface area contributed by atoms with Crippen LogP contribution in [-0.4, -0.2) is 52.1 Å². The van der Waals surface area contributed by atoms with Gasteiger partial charge < -0.3 is 5.32 Å². The second-order valence-electron chi connectivity index (χ2n) is 8.33. The van der Waals surface area contributed by atoms with Crippen molar-refractivity contribution < 1.29 is 13.2 Å². The molecule has 10 heteroatoms. The van der Waals surface area contributed by atoms with E-state index in [1.165, 1.54) is 33.9 Å². The predicted molar refractivity (Wildman–Crippen MR) is 128 cm³/mol. The average molecular weight is 476 g/mol. The second kappa shape index (κ2) is 9.60. The Morgan fingerprint density at radius 3 is 2.31 bits per heavy atom. The molecule has 0 saturated heterocycles. The Morgan fingerprint density at radius 2 is 1.72 bits per heavy atom. The number of benzene rings is 1. The number of rotatable bonds is 8. The first kappa shape index (κ1) is 24.2. The summed E-state index contributed by atoms with van der Waals surface area (Å²) in [6.07, 6.45) is 1.51. The Balaban J connectivity index is 1.72. The minimum absolute atomic E-state index is 0.0464. The summed E-state index contributed by atoms with van der Waals surface area (Å²) in [5.74, 6) is -0.0587. The summed E-state index contributed by atoms with van der Waals surface area (Å²) in [4.78, 5) is 12.6. The SMILES string of the molecule is CCN(CC)S(=O)(=O)c1ccc2nnc(SCC(=O)Nc3ccc(C(C)(C)C)cc3)n2c1. The van der Waals surface area contributed by atoms with E-state index in [1.807, 2.05) is 24.3 Å². The summed E-state index contributed by atoms with van der Waals surface area (Å²) in [5.41, 5.74) is 2.48. The second-order valence-corrected chi connectivity index (χ2v) is 11.2. The maximum absolute atomic E-state index is 12.8. The number of aromatic nitrogens is 3. The van der Waals surface area contributed by atoms with Crippen molar-refractivity contribution in [3.05, 3.63) is 48.2 Å². The Morgan fingerprint density at radius 1 is 1.06 bits per heavy atom. The summed E-state index contributed by atoms with van der Waals surface area (Å²) < 4.78 is 28.7. The molecule has 0 radical (unpaired) electrons. The van der Waals surface area contributed by atoms with Gasteiger partial charge in [0.05, 0.1) is 10.6 Å². The Labute approximate surface area is 193 Å². The van der Waals surface area contributed by atoms with Gasteiger partial charge in [0, 0.05) is 25.0 Å². The Hall–Kier alpha value is -2.43. The van der Waals surface area contributed by atoms with Crippen molar-refractivity contribution in [2.45, 2.75) is 50.1 Å². The van der Waals surface area contributed by atoms with Crippen LogP contribution in [-0.2, 0) is 20.2 Å². The molecule has 3 aromatic rings. The number of thioether (sulfide) groups is 1. The summed E-state index contributed by atoms with van der Waals surface area (Å²) in [6.45, 7) is 10.8. The molecule has 0 spiro atoms. The summed E-state index contributed by atoms with van der Waals surface area (Å²) in [5, 5.41) is 11.5. The van der Waals surface area contributed by atoms with Crippen molar-refractivity contribution in [3.8, 4) is 0 Å². The highest BCUT2D eigenvalue weighted by Gasteiger charge is 2.23. The standard InChI is InChI=1S/C22H29N5O3S2/c1-6-26(7-2)32(29,30)18-12-13-19-24-25-21(27(19)14-18)31-15-20(28)23-17-10-8-16(9-11-17)22(3,4)5/h8-14H,6-7,15H2,1-5H3,(H,23,28). The van der Waals surface area contributed by atoms with Crippen LogP contribution in [0.1, 0.15) is 40.2 Å². The smallest absolute Gasteiger partial charge is 0.244 e. The first-order chi connectivity index (χ1) is 15.1. The molecule has 0 saturated carbocycles. The van der Waals surface area contributed by atoms with Crippen LogP contribution in [0, 0.1) is 0 Å². The molecular weight excluding hydrogens is 446 g/mol. The number of carbonyl (C=O) groups is 1. The molecule has 0 atom stereocenters. The Bertz CT molecular complexity index is 1190. The van der Waals surface area contributed by atoms with Crippen LogP contribution in [0.5, 0.6) is 0 Å². The molecule has 3 rings (SSSR count). The van der Waals surface area contributed by atoms with Crippen LogP contribution in [0.15, 0.2) is 52.6 Å². The molecule has 32 heavy (non-hydrogen) atoms. The lowest BCUT2D eigenvalue weighted by Gasteiger charge is -2.19. The van der Waals surface area contributed by atoms with Crippen LogP contribution in [0.2, 0.25) is 0 Å². The lowest BCUT2D eigenvalue weighted by atomic mass is 9.87. The molecule has 0 aliphatic carbocycles. The van der Waals surface area contributed by atoms with E-state index in [4.69, 9.17) is 0 Å². The van der Waals surface area contributed by atoms with Gasteiger partial charge in [0.25, 0.3) is 0 Å². The van der Waals surface area contributed by atoms with Crippen molar-refractivity contribution in [2.75, 3.05) is 24.2 Å². The molecule has 1 amide bonds. The maximum atomic E-state index is 12.8. The van der Waals surface area contributed by atoms with Crippen molar-refractivity contribution >= 4 is 39.0 Å². The van der Waals surface area contributed by atoms with Gasteiger partial charge in [-0.15, -0.1) is 10.2 Å². The predicted octanol–water partition coefficient (Wildman–Crippen LogP) is 3.79. The highest BCUT2D eigenvalue weighted by Crippen LogP contribution is 2.24. The van der Waals surface area contributed by atoms with Crippen LogP contribution < -0.4 is 5.32 Å².